The summed E-state index contributed by atoms with van der Waals surface area (Å²) in [5.74, 6) is 1.17. The minimum atomic E-state index is -0.354. The number of methoxy groups -OCH3 is 1. The summed E-state index contributed by atoms with van der Waals surface area (Å²) in [4.78, 5) is 30.5. The number of nitrogens with zero attached hydrogens (tertiary/aromatic N) is 3. The highest BCUT2D eigenvalue weighted by Gasteiger charge is 2.18. The van der Waals surface area contributed by atoms with Gasteiger partial charge in [0.15, 0.2) is 0 Å². The lowest BCUT2D eigenvalue weighted by atomic mass is 10.2. The molecule has 2 aromatic carbocycles. The highest BCUT2D eigenvalue weighted by Crippen LogP contribution is 2.20. The fourth-order valence-electron chi connectivity index (χ4n) is 3.14. The minimum Gasteiger partial charge on any atom is -0.494 e. The predicted molar refractivity (Wildman–Crippen MR) is 118 cm³/mol. The lowest BCUT2D eigenvalue weighted by Gasteiger charge is -2.22. The molecule has 0 aliphatic heterocycles. The van der Waals surface area contributed by atoms with Crippen molar-refractivity contribution < 1.29 is 23.6 Å². The Kier molecular flexibility index (Phi) is 8.36. The Hall–Kier alpha value is -3.68. The van der Waals surface area contributed by atoms with Crippen molar-refractivity contribution in [1.82, 2.24) is 15.0 Å². The average molecular weight is 437 g/mol. The summed E-state index contributed by atoms with van der Waals surface area (Å²) in [5, 5.41) is 4.01. The van der Waals surface area contributed by atoms with E-state index >= 15 is 0 Å². The van der Waals surface area contributed by atoms with Crippen LogP contribution in [0.4, 0.5) is 0 Å². The van der Waals surface area contributed by atoms with E-state index in [4.69, 9.17) is 14.0 Å². The normalized spacial score (nSPS) is 10.6. The van der Waals surface area contributed by atoms with Gasteiger partial charge in [0.1, 0.15) is 5.75 Å². The average Bonchev–Trinajstić information content (AvgIpc) is 3.30. The third-order valence-electron chi connectivity index (χ3n) is 4.83. The monoisotopic (exact) mass is 437 g/mol. The van der Waals surface area contributed by atoms with Gasteiger partial charge in [0, 0.05) is 31.5 Å². The first-order valence-electron chi connectivity index (χ1n) is 10.5. The van der Waals surface area contributed by atoms with E-state index in [1.165, 1.54) is 7.11 Å². The lowest BCUT2D eigenvalue weighted by Crippen LogP contribution is -2.33. The number of aryl methyl sites for hydroxylation is 1. The van der Waals surface area contributed by atoms with E-state index in [0.717, 1.165) is 16.9 Å². The molecule has 0 radical (unpaired) electrons. The highest BCUT2D eigenvalue weighted by molar-refractivity contribution is 5.77. The molecule has 0 atom stereocenters. The van der Waals surface area contributed by atoms with E-state index in [2.05, 4.69) is 10.1 Å². The first-order chi connectivity index (χ1) is 15.6. The molecule has 0 saturated heterocycles. The van der Waals surface area contributed by atoms with Gasteiger partial charge < -0.3 is 18.9 Å². The Balaban J connectivity index is 1.60. The van der Waals surface area contributed by atoms with Crippen LogP contribution in [0.15, 0.2) is 59.1 Å². The second-order valence-corrected chi connectivity index (χ2v) is 7.10. The molecule has 3 rings (SSSR count). The number of hydrogen-bond acceptors (Lipinski definition) is 7. The molecule has 0 unspecified atom stereocenters. The second-order valence-electron chi connectivity index (χ2n) is 7.10. The molecule has 0 saturated carbocycles. The van der Waals surface area contributed by atoms with Gasteiger partial charge in [-0.3, -0.25) is 9.59 Å². The fourth-order valence-corrected chi connectivity index (χ4v) is 3.14. The molecule has 168 valence electrons. The zero-order chi connectivity index (χ0) is 22.8. The van der Waals surface area contributed by atoms with Crippen molar-refractivity contribution in [2.75, 3.05) is 20.3 Å². The van der Waals surface area contributed by atoms with Crippen LogP contribution in [-0.4, -0.2) is 47.2 Å². The van der Waals surface area contributed by atoms with Crippen molar-refractivity contribution in [3.05, 3.63) is 66.1 Å². The Bertz CT molecular complexity index is 1000. The highest BCUT2D eigenvalue weighted by atomic mass is 16.5. The summed E-state index contributed by atoms with van der Waals surface area (Å²) in [6, 6.07) is 17.1. The summed E-state index contributed by atoms with van der Waals surface area (Å²) < 4.78 is 15.5. The molecule has 8 nitrogen and oxygen atoms in total. The first-order valence-corrected chi connectivity index (χ1v) is 10.5. The summed E-state index contributed by atoms with van der Waals surface area (Å²) in [6.45, 7) is 3.22. The largest absolute Gasteiger partial charge is 0.494 e. The van der Waals surface area contributed by atoms with Gasteiger partial charge >= 0.3 is 5.97 Å². The van der Waals surface area contributed by atoms with Crippen LogP contribution < -0.4 is 4.74 Å². The maximum Gasteiger partial charge on any atom is 0.307 e. The minimum absolute atomic E-state index is 0.0985. The Morgan fingerprint density at radius 3 is 2.47 bits per heavy atom. The van der Waals surface area contributed by atoms with E-state index in [1.54, 1.807) is 4.90 Å². The van der Waals surface area contributed by atoms with Crippen molar-refractivity contribution in [3.8, 4) is 17.1 Å². The van der Waals surface area contributed by atoms with Crippen molar-refractivity contribution in [2.24, 2.45) is 0 Å². The first kappa shape index (κ1) is 23.0. The molecular formula is C24H27N3O5. The molecule has 32 heavy (non-hydrogen) atoms. The zero-order valence-electron chi connectivity index (χ0n) is 18.3. The predicted octanol–water partition coefficient (Wildman–Crippen LogP) is 3.66. The van der Waals surface area contributed by atoms with E-state index in [1.807, 2.05) is 61.5 Å². The van der Waals surface area contributed by atoms with Gasteiger partial charge in [-0.2, -0.15) is 4.98 Å². The van der Waals surface area contributed by atoms with Gasteiger partial charge in [-0.1, -0.05) is 35.5 Å². The van der Waals surface area contributed by atoms with Crippen molar-refractivity contribution >= 4 is 11.9 Å². The number of aromatic nitrogens is 2. The topological polar surface area (TPSA) is 94.8 Å². The number of hydrogen-bond donors (Lipinski definition) is 0. The zero-order valence-corrected chi connectivity index (χ0v) is 18.3. The van der Waals surface area contributed by atoms with Gasteiger partial charge in [0.2, 0.25) is 17.6 Å². The third kappa shape index (κ3) is 6.66. The van der Waals surface area contributed by atoms with Crippen molar-refractivity contribution in [2.45, 2.75) is 32.7 Å². The van der Waals surface area contributed by atoms with E-state index in [0.29, 0.717) is 31.3 Å². The lowest BCUT2D eigenvalue weighted by molar-refractivity contribution is -0.142. The molecule has 0 N–H and O–H groups in total. The van der Waals surface area contributed by atoms with Crippen molar-refractivity contribution in [1.29, 1.82) is 0 Å². The smallest absolute Gasteiger partial charge is 0.307 e. The van der Waals surface area contributed by atoms with Crippen LogP contribution >= 0.6 is 0 Å². The second kappa shape index (κ2) is 11.6. The molecule has 1 heterocycles. The number of carbonyl (C=O) groups is 2. The number of rotatable bonds is 11. The number of ether oxygens (including phenoxy) is 2. The molecule has 1 aromatic heterocycles. The number of esters is 1. The SMILES string of the molecule is CCOc1ccc(-c2noc(CCC(=O)N(CCC(=O)OC)Cc3ccccc3)n2)cc1. The van der Waals surface area contributed by atoms with Gasteiger partial charge in [-0.15, -0.1) is 0 Å². The molecule has 0 bridgehead atoms. The number of benzene rings is 2. The molecule has 0 aliphatic carbocycles. The molecule has 0 spiro atoms. The van der Waals surface area contributed by atoms with Crippen LogP contribution in [0.2, 0.25) is 0 Å². The molecule has 0 aliphatic rings. The fraction of sp³-hybridized carbons (Fsp3) is 0.333. The Morgan fingerprint density at radius 2 is 1.78 bits per heavy atom. The van der Waals surface area contributed by atoms with Crippen LogP contribution in [0.3, 0.4) is 0 Å². The van der Waals surface area contributed by atoms with Crippen LogP contribution in [-0.2, 0) is 27.3 Å². The van der Waals surface area contributed by atoms with Crippen molar-refractivity contribution in [3.63, 3.8) is 0 Å². The third-order valence-corrected chi connectivity index (χ3v) is 4.83. The van der Waals surface area contributed by atoms with E-state index in [9.17, 15) is 9.59 Å². The quantitative estimate of drug-likeness (QED) is 0.423. The molecule has 3 aromatic rings. The van der Waals surface area contributed by atoms with Crippen LogP contribution in [0.25, 0.3) is 11.4 Å². The Labute approximate surface area is 187 Å². The van der Waals surface area contributed by atoms with Crippen LogP contribution in [0, 0.1) is 0 Å². The molecule has 0 fully saturated rings. The summed E-state index contributed by atoms with van der Waals surface area (Å²) >= 11 is 0. The van der Waals surface area contributed by atoms with Gasteiger partial charge in [-0.25, -0.2) is 0 Å². The maximum atomic E-state index is 12.9. The molecular weight excluding hydrogens is 410 g/mol. The summed E-state index contributed by atoms with van der Waals surface area (Å²) in [7, 11) is 1.34. The van der Waals surface area contributed by atoms with E-state index in [-0.39, 0.29) is 31.3 Å². The molecule has 8 heteroatoms. The van der Waals surface area contributed by atoms with Gasteiger partial charge in [0.05, 0.1) is 20.1 Å². The Morgan fingerprint density at radius 1 is 1.03 bits per heavy atom. The van der Waals surface area contributed by atoms with Gasteiger partial charge in [0.25, 0.3) is 0 Å². The maximum absolute atomic E-state index is 12.9. The van der Waals surface area contributed by atoms with Crippen LogP contribution in [0.1, 0.15) is 31.2 Å². The summed E-state index contributed by atoms with van der Waals surface area (Å²) in [5.41, 5.74) is 1.79. The summed E-state index contributed by atoms with van der Waals surface area (Å²) in [6.07, 6.45) is 0.642. The van der Waals surface area contributed by atoms with Crippen LogP contribution in [0.5, 0.6) is 5.75 Å². The standard InChI is InChI=1S/C24H27N3O5/c1-3-31-20-11-9-19(10-12-20)24-25-21(32-26-24)13-14-22(28)27(16-15-23(29)30-2)17-18-7-5-4-6-8-18/h4-12H,3,13-17H2,1-2H3. The van der Waals surface area contributed by atoms with E-state index < -0.39 is 0 Å². The van der Waals surface area contributed by atoms with Gasteiger partial charge in [-0.05, 0) is 36.8 Å². The molecule has 1 amide bonds. The number of amides is 1. The number of carbonyl (C=O) groups excluding carboxylic acids is 2.